The van der Waals surface area contributed by atoms with Crippen molar-refractivity contribution < 1.29 is 14.6 Å². The molecule has 3 fully saturated rings. The third-order valence-corrected chi connectivity index (χ3v) is 8.46. The van der Waals surface area contributed by atoms with Crippen LogP contribution < -0.4 is 0 Å². The molecule has 0 aromatic heterocycles. The van der Waals surface area contributed by atoms with E-state index in [-0.39, 0.29) is 18.6 Å². The van der Waals surface area contributed by atoms with Crippen molar-refractivity contribution in [1.29, 1.82) is 0 Å². The minimum absolute atomic E-state index is 0.0170. The first kappa shape index (κ1) is 25.4. The summed E-state index contributed by atoms with van der Waals surface area (Å²) in [7, 11) is 3.56. The molecule has 3 heterocycles. The van der Waals surface area contributed by atoms with Crippen molar-refractivity contribution in [2.24, 2.45) is 5.92 Å². The fourth-order valence-electron chi connectivity index (χ4n) is 6.46. The molecule has 6 heteroatoms. The molecule has 194 valence electrons. The Balaban J connectivity index is 1.32. The summed E-state index contributed by atoms with van der Waals surface area (Å²) in [6, 6.07) is 17.3. The second-order valence-electron chi connectivity index (χ2n) is 11.0. The van der Waals surface area contributed by atoms with Crippen molar-refractivity contribution in [3.8, 4) is 11.1 Å². The second-order valence-corrected chi connectivity index (χ2v) is 11.0. The number of fused-ring (bicyclic) bond motifs is 1. The van der Waals surface area contributed by atoms with Gasteiger partial charge in [0.2, 0.25) is 0 Å². The van der Waals surface area contributed by atoms with E-state index in [1.807, 2.05) is 18.2 Å². The molecule has 3 aliphatic heterocycles. The molecule has 0 radical (unpaired) electrons. The summed E-state index contributed by atoms with van der Waals surface area (Å²) in [5, 5.41) is 10.3. The Kier molecular flexibility index (Phi) is 8.06. The van der Waals surface area contributed by atoms with Crippen LogP contribution in [0.2, 0.25) is 0 Å². The summed E-state index contributed by atoms with van der Waals surface area (Å²) in [5.74, 6) is 1.11. The SMILES string of the molecule is CN(C)C(=O)c1cccc(-c2ccc([C@H]3[C@H]4CN(CC5CCOCC5)CCCCN4[C@H]3CO)cc2)c1. The first-order valence-corrected chi connectivity index (χ1v) is 13.6. The van der Waals surface area contributed by atoms with Crippen LogP contribution >= 0.6 is 0 Å². The Morgan fingerprint density at radius 3 is 2.50 bits per heavy atom. The van der Waals surface area contributed by atoms with E-state index in [0.717, 1.165) is 43.3 Å². The van der Waals surface area contributed by atoms with Gasteiger partial charge in [-0.05, 0) is 73.5 Å². The number of rotatable bonds is 6. The number of carbonyl (C=O) groups excluding carboxylic acids is 1. The van der Waals surface area contributed by atoms with E-state index in [0.29, 0.717) is 17.5 Å². The van der Waals surface area contributed by atoms with Crippen molar-refractivity contribution in [3.05, 3.63) is 59.7 Å². The highest BCUT2D eigenvalue weighted by molar-refractivity contribution is 5.95. The van der Waals surface area contributed by atoms with Gasteiger partial charge in [0.15, 0.2) is 0 Å². The summed E-state index contributed by atoms with van der Waals surface area (Å²) in [6.45, 7) is 6.53. The molecule has 6 nitrogen and oxygen atoms in total. The zero-order chi connectivity index (χ0) is 25.1. The molecule has 2 aromatic rings. The van der Waals surface area contributed by atoms with Gasteiger partial charge in [0.05, 0.1) is 6.61 Å². The van der Waals surface area contributed by atoms with Gasteiger partial charge in [-0.2, -0.15) is 0 Å². The number of ether oxygens (including phenoxy) is 1. The van der Waals surface area contributed by atoms with Gasteiger partial charge in [-0.3, -0.25) is 9.69 Å². The molecular formula is C30H41N3O3. The maximum Gasteiger partial charge on any atom is 0.253 e. The molecule has 0 spiro atoms. The van der Waals surface area contributed by atoms with E-state index < -0.39 is 0 Å². The standard InChI is InChI=1S/C30H41N3O3/c1-31(2)30(35)26-7-5-6-25(18-26)23-8-10-24(11-9-23)29-27-20-32(19-22-12-16-36-17-13-22)14-3-4-15-33(27)28(29)21-34/h5-11,18,22,27-29,34H,3-4,12-17,19-21H2,1-2H3/t27-,28+,29+/m1/s1. The smallest absolute Gasteiger partial charge is 0.253 e. The van der Waals surface area contributed by atoms with Gasteiger partial charge in [0.1, 0.15) is 0 Å². The van der Waals surface area contributed by atoms with Crippen LogP contribution in [0, 0.1) is 5.92 Å². The molecule has 0 aliphatic carbocycles. The first-order chi connectivity index (χ1) is 17.5. The summed E-state index contributed by atoms with van der Waals surface area (Å²) < 4.78 is 5.58. The topological polar surface area (TPSA) is 56.2 Å². The van der Waals surface area contributed by atoms with Crippen LogP contribution in [0.5, 0.6) is 0 Å². The normalized spacial score (nSPS) is 25.9. The van der Waals surface area contributed by atoms with E-state index in [9.17, 15) is 9.90 Å². The summed E-state index contributed by atoms with van der Waals surface area (Å²) in [4.78, 5) is 19.3. The second kappa shape index (κ2) is 11.4. The molecule has 3 atom stereocenters. The molecule has 0 unspecified atom stereocenters. The van der Waals surface area contributed by atoms with Gasteiger partial charge in [0.25, 0.3) is 5.91 Å². The quantitative estimate of drug-likeness (QED) is 0.668. The van der Waals surface area contributed by atoms with E-state index in [1.165, 1.54) is 44.3 Å². The predicted octanol–water partition coefficient (Wildman–Crippen LogP) is 3.71. The van der Waals surface area contributed by atoms with Gasteiger partial charge >= 0.3 is 0 Å². The Hall–Kier alpha value is -2.25. The minimum Gasteiger partial charge on any atom is -0.395 e. The van der Waals surface area contributed by atoms with Gasteiger partial charge in [-0.25, -0.2) is 0 Å². The van der Waals surface area contributed by atoms with Crippen molar-refractivity contribution >= 4 is 5.91 Å². The third kappa shape index (κ3) is 5.37. The molecule has 3 saturated heterocycles. The van der Waals surface area contributed by atoms with Gasteiger partial charge in [0, 0.05) is 64.0 Å². The largest absolute Gasteiger partial charge is 0.395 e. The van der Waals surface area contributed by atoms with E-state index in [1.54, 1.807) is 19.0 Å². The average Bonchev–Trinajstić information content (AvgIpc) is 2.89. The van der Waals surface area contributed by atoms with Crippen LogP contribution in [0.1, 0.15) is 47.5 Å². The van der Waals surface area contributed by atoms with Gasteiger partial charge in [-0.15, -0.1) is 0 Å². The minimum atomic E-state index is 0.0170. The lowest BCUT2D eigenvalue weighted by molar-refractivity contribution is -0.0677. The lowest BCUT2D eigenvalue weighted by Crippen LogP contribution is -2.67. The Bertz CT molecular complexity index is 1020. The molecule has 36 heavy (non-hydrogen) atoms. The number of amides is 1. The molecule has 1 amide bonds. The maximum absolute atomic E-state index is 12.4. The van der Waals surface area contributed by atoms with Crippen molar-refractivity contribution in [1.82, 2.24) is 14.7 Å². The van der Waals surface area contributed by atoms with Crippen LogP contribution in [0.3, 0.4) is 0 Å². The highest BCUT2D eigenvalue weighted by Gasteiger charge is 2.49. The van der Waals surface area contributed by atoms with Crippen molar-refractivity contribution in [3.63, 3.8) is 0 Å². The number of benzene rings is 2. The van der Waals surface area contributed by atoms with E-state index >= 15 is 0 Å². The number of hydrogen-bond donors (Lipinski definition) is 1. The molecule has 0 saturated carbocycles. The number of aliphatic hydroxyl groups excluding tert-OH is 1. The molecule has 1 N–H and O–H groups in total. The van der Waals surface area contributed by atoms with Crippen molar-refractivity contribution in [2.45, 2.75) is 43.7 Å². The summed E-state index contributed by atoms with van der Waals surface area (Å²) in [5.41, 5.74) is 4.18. The number of nitrogens with zero attached hydrogens (tertiary/aromatic N) is 3. The highest BCUT2D eigenvalue weighted by Crippen LogP contribution is 2.42. The zero-order valence-corrected chi connectivity index (χ0v) is 21.8. The number of carbonyl (C=O) groups is 1. The Labute approximate surface area is 215 Å². The molecule has 2 aromatic carbocycles. The number of hydrogen-bond acceptors (Lipinski definition) is 5. The Morgan fingerprint density at radius 2 is 1.78 bits per heavy atom. The summed E-state index contributed by atoms with van der Waals surface area (Å²) in [6.07, 6.45) is 4.79. The zero-order valence-electron chi connectivity index (χ0n) is 21.8. The predicted molar refractivity (Wildman–Crippen MR) is 143 cm³/mol. The number of aliphatic hydroxyl groups is 1. The fraction of sp³-hybridized carbons (Fsp3) is 0.567. The molecule has 5 rings (SSSR count). The van der Waals surface area contributed by atoms with Crippen LogP contribution in [0.4, 0.5) is 0 Å². The lowest BCUT2D eigenvalue weighted by Gasteiger charge is -2.57. The monoisotopic (exact) mass is 491 g/mol. The fourth-order valence-corrected chi connectivity index (χ4v) is 6.46. The van der Waals surface area contributed by atoms with E-state index in [4.69, 9.17) is 4.74 Å². The molecule has 0 bridgehead atoms. The van der Waals surface area contributed by atoms with E-state index in [2.05, 4.69) is 40.1 Å². The Morgan fingerprint density at radius 1 is 1.03 bits per heavy atom. The van der Waals surface area contributed by atoms with Gasteiger partial charge in [-0.1, -0.05) is 36.4 Å². The van der Waals surface area contributed by atoms with Crippen LogP contribution in [0.25, 0.3) is 11.1 Å². The van der Waals surface area contributed by atoms with Crippen LogP contribution in [-0.4, -0.2) is 97.9 Å². The molecule has 3 aliphatic rings. The van der Waals surface area contributed by atoms with Crippen LogP contribution in [-0.2, 0) is 4.74 Å². The van der Waals surface area contributed by atoms with Crippen LogP contribution in [0.15, 0.2) is 48.5 Å². The highest BCUT2D eigenvalue weighted by atomic mass is 16.5. The third-order valence-electron chi connectivity index (χ3n) is 8.46. The maximum atomic E-state index is 12.4. The lowest BCUT2D eigenvalue weighted by atomic mass is 9.74. The van der Waals surface area contributed by atoms with Gasteiger partial charge < -0.3 is 19.6 Å². The molecular weight excluding hydrogens is 450 g/mol. The first-order valence-electron chi connectivity index (χ1n) is 13.6. The summed E-state index contributed by atoms with van der Waals surface area (Å²) >= 11 is 0. The van der Waals surface area contributed by atoms with Crippen molar-refractivity contribution in [2.75, 3.05) is 60.1 Å². The average molecular weight is 492 g/mol.